The minimum atomic E-state index is -0.259. The Balaban J connectivity index is 2.43. The van der Waals surface area contributed by atoms with Crippen molar-refractivity contribution in [3.8, 4) is 0 Å². The molecule has 0 unspecified atom stereocenters. The van der Waals surface area contributed by atoms with Gasteiger partial charge in [0.15, 0.2) is 5.11 Å². The summed E-state index contributed by atoms with van der Waals surface area (Å²) < 4.78 is 0. The van der Waals surface area contributed by atoms with E-state index >= 15 is 0 Å². The zero-order chi connectivity index (χ0) is 13.4. The highest BCUT2D eigenvalue weighted by Crippen LogP contribution is 2.09. The van der Waals surface area contributed by atoms with Crippen molar-refractivity contribution < 1.29 is 9.59 Å². The molecule has 4 nitrogen and oxygen atoms in total. The van der Waals surface area contributed by atoms with Crippen LogP contribution in [0.5, 0.6) is 0 Å². The van der Waals surface area contributed by atoms with Gasteiger partial charge in [-0.1, -0.05) is 19.1 Å². The van der Waals surface area contributed by atoms with Gasteiger partial charge >= 0.3 is 0 Å². The second kappa shape index (κ2) is 7.55. The highest BCUT2D eigenvalue weighted by atomic mass is 32.1. The molecule has 1 aromatic carbocycles. The summed E-state index contributed by atoms with van der Waals surface area (Å²) in [4.78, 5) is 21.4. The number of thiocarbonyl (C=S) groups is 1. The third kappa shape index (κ3) is 5.05. The highest BCUT2D eigenvalue weighted by Gasteiger charge is 2.04. The number of aldehydes is 1. The molecule has 0 fully saturated rings. The number of carbonyl (C=O) groups is 2. The fraction of sp³-hybridized carbons (Fsp3) is 0.308. The Labute approximate surface area is 112 Å². The molecule has 2 N–H and O–H groups in total. The van der Waals surface area contributed by atoms with Crippen molar-refractivity contribution in [2.75, 3.05) is 5.32 Å². The molecule has 0 aliphatic carbocycles. The molecule has 0 aliphatic rings. The van der Waals surface area contributed by atoms with Crippen LogP contribution in [0.1, 0.15) is 25.3 Å². The van der Waals surface area contributed by atoms with Gasteiger partial charge in [-0.2, -0.15) is 0 Å². The first-order chi connectivity index (χ1) is 8.65. The zero-order valence-electron chi connectivity index (χ0n) is 10.2. The van der Waals surface area contributed by atoms with E-state index in [0.717, 1.165) is 12.1 Å². The van der Waals surface area contributed by atoms with Gasteiger partial charge in [0.1, 0.15) is 6.29 Å². The SMILES string of the molecule is CCc1ccc(NC(=S)NC(=O)CCC=O)cc1. The summed E-state index contributed by atoms with van der Waals surface area (Å²) in [7, 11) is 0. The molecule has 96 valence electrons. The normalized spacial score (nSPS) is 9.61. The van der Waals surface area contributed by atoms with Crippen LogP contribution in [0.3, 0.4) is 0 Å². The molecule has 0 heterocycles. The molecule has 0 radical (unpaired) electrons. The van der Waals surface area contributed by atoms with E-state index in [4.69, 9.17) is 12.2 Å². The number of anilines is 1. The van der Waals surface area contributed by atoms with Gasteiger partial charge in [-0.05, 0) is 36.3 Å². The first kappa shape index (κ1) is 14.3. The minimum absolute atomic E-state index is 0.153. The fourth-order valence-corrected chi connectivity index (χ4v) is 1.60. The number of benzene rings is 1. The van der Waals surface area contributed by atoms with E-state index in [1.165, 1.54) is 5.56 Å². The van der Waals surface area contributed by atoms with Crippen molar-refractivity contribution in [3.63, 3.8) is 0 Å². The zero-order valence-corrected chi connectivity index (χ0v) is 11.0. The molecule has 0 saturated heterocycles. The first-order valence-electron chi connectivity index (χ1n) is 5.79. The number of amides is 1. The molecule has 5 heteroatoms. The quantitative estimate of drug-likeness (QED) is 0.631. The third-order valence-corrected chi connectivity index (χ3v) is 2.57. The van der Waals surface area contributed by atoms with Crippen molar-refractivity contribution in [1.82, 2.24) is 5.32 Å². The second-order valence-electron chi connectivity index (χ2n) is 3.76. The molecule has 18 heavy (non-hydrogen) atoms. The Morgan fingerprint density at radius 3 is 2.56 bits per heavy atom. The lowest BCUT2D eigenvalue weighted by Crippen LogP contribution is -2.33. The third-order valence-electron chi connectivity index (χ3n) is 2.36. The van der Waals surface area contributed by atoms with Crippen molar-refractivity contribution in [3.05, 3.63) is 29.8 Å². The van der Waals surface area contributed by atoms with E-state index in [2.05, 4.69) is 17.6 Å². The Bertz CT molecular complexity index is 429. The first-order valence-corrected chi connectivity index (χ1v) is 6.20. The van der Waals surface area contributed by atoms with Gasteiger partial charge in [-0.3, -0.25) is 4.79 Å². The lowest BCUT2D eigenvalue weighted by molar-refractivity contribution is -0.121. The summed E-state index contributed by atoms with van der Waals surface area (Å²) in [6, 6.07) is 7.81. The number of nitrogens with one attached hydrogen (secondary N) is 2. The van der Waals surface area contributed by atoms with E-state index in [9.17, 15) is 9.59 Å². The second-order valence-corrected chi connectivity index (χ2v) is 4.17. The molecule has 1 rings (SSSR count). The van der Waals surface area contributed by atoms with Gasteiger partial charge in [0.05, 0.1) is 0 Å². The van der Waals surface area contributed by atoms with E-state index in [1.807, 2.05) is 24.3 Å². The van der Waals surface area contributed by atoms with Crippen LogP contribution in [0.4, 0.5) is 5.69 Å². The summed E-state index contributed by atoms with van der Waals surface area (Å²) >= 11 is 4.99. The van der Waals surface area contributed by atoms with Crippen LogP contribution in [-0.2, 0) is 16.0 Å². The van der Waals surface area contributed by atoms with Gasteiger partial charge < -0.3 is 15.4 Å². The Hall–Kier alpha value is -1.75. The van der Waals surface area contributed by atoms with Crippen molar-refractivity contribution in [2.45, 2.75) is 26.2 Å². The average molecular weight is 264 g/mol. The monoisotopic (exact) mass is 264 g/mol. The van der Waals surface area contributed by atoms with E-state index in [-0.39, 0.29) is 23.9 Å². The Morgan fingerprint density at radius 2 is 2.00 bits per heavy atom. The largest absolute Gasteiger partial charge is 0.332 e. The lowest BCUT2D eigenvalue weighted by Gasteiger charge is -2.09. The van der Waals surface area contributed by atoms with Crippen molar-refractivity contribution in [2.24, 2.45) is 0 Å². The van der Waals surface area contributed by atoms with Crippen LogP contribution in [0, 0.1) is 0 Å². The van der Waals surface area contributed by atoms with Crippen LogP contribution in [0.2, 0.25) is 0 Å². The topological polar surface area (TPSA) is 58.2 Å². The van der Waals surface area contributed by atoms with Gasteiger partial charge in [0, 0.05) is 18.5 Å². The minimum Gasteiger partial charge on any atom is -0.332 e. The number of rotatable bonds is 5. The maximum Gasteiger partial charge on any atom is 0.226 e. The Kier molecular flexibility index (Phi) is 6.00. The molecule has 0 aliphatic heterocycles. The number of carbonyl (C=O) groups excluding carboxylic acids is 2. The lowest BCUT2D eigenvalue weighted by atomic mass is 10.1. The number of hydrogen-bond acceptors (Lipinski definition) is 3. The summed E-state index contributed by atoms with van der Waals surface area (Å²) in [5.41, 5.74) is 2.06. The molecular weight excluding hydrogens is 248 g/mol. The molecule has 0 spiro atoms. The smallest absolute Gasteiger partial charge is 0.226 e. The molecule has 0 atom stereocenters. The van der Waals surface area contributed by atoms with Crippen LogP contribution in [0.25, 0.3) is 0 Å². The van der Waals surface area contributed by atoms with Crippen LogP contribution >= 0.6 is 12.2 Å². The van der Waals surface area contributed by atoms with E-state index in [0.29, 0.717) is 6.29 Å². The Morgan fingerprint density at radius 1 is 1.33 bits per heavy atom. The van der Waals surface area contributed by atoms with Crippen molar-refractivity contribution in [1.29, 1.82) is 0 Å². The van der Waals surface area contributed by atoms with Crippen LogP contribution < -0.4 is 10.6 Å². The molecule has 0 bridgehead atoms. The molecule has 0 aromatic heterocycles. The van der Waals surface area contributed by atoms with E-state index < -0.39 is 0 Å². The standard InChI is InChI=1S/C13H16N2O2S/c1-2-10-5-7-11(8-6-10)14-13(18)15-12(17)4-3-9-16/h5-9H,2-4H2,1H3,(H2,14,15,17,18). The highest BCUT2D eigenvalue weighted by molar-refractivity contribution is 7.80. The predicted octanol–water partition coefficient (Wildman–Crippen LogP) is 2.04. The summed E-state index contributed by atoms with van der Waals surface area (Å²) in [5, 5.41) is 5.67. The van der Waals surface area contributed by atoms with E-state index in [1.54, 1.807) is 0 Å². The molecule has 1 aromatic rings. The summed E-state index contributed by atoms with van der Waals surface area (Å²) in [5.74, 6) is -0.259. The van der Waals surface area contributed by atoms with Gasteiger partial charge in [-0.15, -0.1) is 0 Å². The van der Waals surface area contributed by atoms with Crippen LogP contribution in [0.15, 0.2) is 24.3 Å². The average Bonchev–Trinajstić information content (AvgIpc) is 2.37. The van der Waals surface area contributed by atoms with Crippen molar-refractivity contribution >= 4 is 35.2 Å². The fourth-order valence-electron chi connectivity index (χ4n) is 1.37. The maximum atomic E-state index is 11.3. The number of hydrogen-bond donors (Lipinski definition) is 2. The van der Waals surface area contributed by atoms with Gasteiger partial charge in [0.25, 0.3) is 0 Å². The number of aryl methyl sites for hydroxylation is 1. The summed E-state index contributed by atoms with van der Waals surface area (Å²) in [6.07, 6.45) is 2.05. The predicted molar refractivity (Wildman–Crippen MR) is 75.5 cm³/mol. The summed E-state index contributed by atoms with van der Waals surface area (Å²) in [6.45, 7) is 2.08. The van der Waals surface area contributed by atoms with Crippen LogP contribution in [-0.4, -0.2) is 17.3 Å². The maximum absolute atomic E-state index is 11.3. The van der Waals surface area contributed by atoms with Gasteiger partial charge in [-0.25, -0.2) is 0 Å². The van der Waals surface area contributed by atoms with Gasteiger partial charge in [0.2, 0.25) is 5.91 Å². The molecule has 1 amide bonds. The molecule has 0 saturated carbocycles. The molecular formula is C13H16N2O2S.